The van der Waals surface area contributed by atoms with Gasteiger partial charge in [0, 0.05) is 17.9 Å². The fraction of sp³-hybridized carbons (Fsp3) is 0.500. The number of H-pyrrole nitrogens is 1. The van der Waals surface area contributed by atoms with Gasteiger partial charge < -0.3 is 4.98 Å². The number of imidazole rings is 1. The number of nitrogens with one attached hydrogen (secondary N) is 1. The Balaban J connectivity index is 2.62. The minimum Gasteiger partial charge on any atom is -0.333 e. The summed E-state index contributed by atoms with van der Waals surface area (Å²) in [5, 5.41) is 3.92. The average molecular weight is 240 g/mol. The van der Waals surface area contributed by atoms with Gasteiger partial charge in [0.05, 0.1) is 0 Å². The smallest absolute Gasteiger partial charge is 0.133 e. The molecule has 0 aliphatic rings. The van der Waals surface area contributed by atoms with Gasteiger partial charge in [-0.1, -0.05) is 36.1 Å². The van der Waals surface area contributed by atoms with Crippen LogP contribution in [-0.2, 0) is 6.42 Å². The maximum Gasteiger partial charge on any atom is 0.133 e. The van der Waals surface area contributed by atoms with Crippen molar-refractivity contribution in [3.63, 3.8) is 0 Å². The molecule has 1 rings (SSSR count). The molecule has 1 aromatic heterocycles. The van der Waals surface area contributed by atoms with Crippen LogP contribution in [0.3, 0.4) is 0 Å². The molecule has 5 nitrogen and oxygen atoms in total. The van der Waals surface area contributed by atoms with Crippen molar-refractivity contribution in [3.05, 3.63) is 33.2 Å². The van der Waals surface area contributed by atoms with Crippen LogP contribution in [0.1, 0.15) is 31.3 Å². The van der Waals surface area contributed by atoms with E-state index >= 15 is 0 Å². The molecular formula is C10H14ClN5. The number of rotatable bonds is 6. The Hall–Kier alpha value is -1.45. The fourth-order valence-electron chi connectivity index (χ4n) is 1.23. The van der Waals surface area contributed by atoms with E-state index in [4.69, 9.17) is 17.1 Å². The Morgan fingerprint density at radius 3 is 3.12 bits per heavy atom. The molecule has 0 aliphatic heterocycles. The van der Waals surface area contributed by atoms with Crippen molar-refractivity contribution in [3.8, 4) is 0 Å². The third-order valence-electron chi connectivity index (χ3n) is 2.03. The van der Waals surface area contributed by atoms with Crippen molar-refractivity contribution in [1.29, 1.82) is 0 Å². The van der Waals surface area contributed by atoms with Crippen LogP contribution in [-0.4, -0.2) is 16.5 Å². The van der Waals surface area contributed by atoms with Crippen LogP contribution in [0.4, 0.5) is 0 Å². The number of hydrogen-bond donors (Lipinski definition) is 1. The quantitative estimate of drug-likeness (QED) is 0.458. The van der Waals surface area contributed by atoms with Crippen molar-refractivity contribution in [1.82, 2.24) is 9.97 Å². The Morgan fingerprint density at radius 1 is 1.62 bits per heavy atom. The molecule has 86 valence electrons. The summed E-state index contributed by atoms with van der Waals surface area (Å²) in [5.74, 6) is 0.898. The van der Waals surface area contributed by atoms with E-state index in [9.17, 15) is 0 Å². The molecule has 0 saturated carbocycles. The molecule has 0 amide bonds. The average Bonchev–Trinajstić information content (AvgIpc) is 2.63. The fourth-order valence-corrected chi connectivity index (χ4v) is 1.45. The summed E-state index contributed by atoms with van der Waals surface area (Å²) in [6.07, 6.45) is 6.60. The molecule has 0 fully saturated rings. The summed E-state index contributed by atoms with van der Waals surface area (Å²) in [6.45, 7) is 2.44. The third kappa shape index (κ3) is 3.96. The second kappa shape index (κ2) is 6.93. The van der Waals surface area contributed by atoms with Gasteiger partial charge >= 0.3 is 0 Å². The second-order valence-corrected chi connectivity index (χ2v) is 3.68. The molecule has 0 saturated heterocycles. The number of azide groups is 1. The van der Waals surface area contributed by atoms with Gasteiger partial charge in [-0.2, -0.15) is 0 Å². The SMILES string of the molecule is CCCCc1nc(C=CCN=[N+]=[N-])c(Cl)[nH]1. The Morgan fingerprint density at radius 2 is 2.44 bits per heavy atom. The van der Waals surface area contributed by atoms with Gasteiger partial charge in [-0.05, 0) is 18.0 Å². The first-order chi connectivity index (χ1) is 7.77. The van der Waals surface area contributed by atoms with E-state index in [1.54, 1.807) is 12.2 Å². The summed E-state index contributed by atoms with van der Waals surface area (Å²) in [6, 6.07) is 0. The summed E-state index contributed by atoms with van der Waals surface area (Å²) in [4.78, 5) is 10.0. The highest BCUT2D eigenvalue weighted by Gasteiger charge is 2.04. The molecule has 0 atom stereocenters. The minimum atomic E-state index is 0.310. The molecule has 0 aromatic carbocycles. The standard InChI is InChI=1S/C10H14ClN5/c1-2-3-6-9-14-8(10(11)15-9)5-4-7-13-16-12/h4-5H,2-3,6-7H2,1H3,(H,14,15). The molecule has 1 N–H and O–H groups in total. The predicted octanol–water partition coefficient (Wildman–Crippen LogP) is 3.73. The van der Waals surface area contributed by atoms with Gasteiger partial charge in [-0.3, -0.25) is 0 Å². The molecule has 0 bridgehead atoms. The Labute approximate surface area is 99.2 Å². The number of aryl methyl sites for hydroxylation is 1. The van der Waals surface area contributed by atoms with E-state index in [-0.39, 0.29) is 0 Å². The molecule has 0 radical (unpaired) electrons. The number of aromatic amines is 1. The highest BCUT2D eigenvalue weighted by Crippen LogP contribution is 2.15. The maximum absolute atomic E-state index is 8.10. The second-order valence-electron chi connectivity index (χ2n) is 3.30. The van der Waals surface area contributed by atoms with Crippen molar-refractivity contribution >= 4 is 17.7 Å². The molecular weight excluding hydrogens is 226 g/mol. The first-order valence-corrected chi connectivity index (χ1v) is 5.57. The van der Waals surface area contributed by atoms with Crippen LogP contribution in [0, 0.1) is 0 Å². The summed E-state index contributed by atoms with van der Waals surface area (Å²) >= 11 is 5.96. The zero-order valence-electron chi connectivity index (χ0n) is 9.15. The van der Waals surface area contributed by atoms with E-state index in [1.807, 2.05) is 0 Å². The minimum absolute atomic E-state index is 0.310. The van der Waals surface area contributed by atoms with Gasteiger partial charge in [-0.25, -0.2) is 4.98 Å². The number of hydrogen-bond acceptors (Lipinski definition) is 2. The number of aromatic nitrogens is 2. The molecule has 0 aliphatic carbocycles. The Kier molecular flexibility index (Phi) is 5.46. The zero-order chi connectivity index (χ0) is 11.8. The summed E-state index contributed by atoms with van der Waals surface area (Å²) in [7, 11) is 0. The normalized spacial score (nSPS) is 10.6. The third-order valence-corrected chi connectivity index (χ3v) is 2.32. The first-order valence-electron chi connectivity index (χ1n) is 5.19. The van der Waals surface area contributed by atoms with Crippen LogP contribution in [0.5, 0.6) is 0 Å². The van der Waals surface area contributed by atoms with Crippen molar-refractivity contribution < 1.29 is 0 Å². The van der Waals surface area contributed by atoms with Gasteiger partial charge in [0.25, 0.3) is 0 Å². The van der Waals surface area contributed by atoms with Crippen LogP contribution < -0.4 is 0 Å². The van der Waals surface area contributed by atoms with Crippen LogP contribution in [0.2, 0.25) is 5.15 Å². The van der Waals surface area contributed by atoms with Gasteiger partial charge in [0.15, 0.2) is 0 Å². The largest absolute Gasteiger partial charge is 0.333 e. The summed E-state index contributed by atoms with van der Waals surface area (Å²) < 4.78 is 0. The molecule has 1 aromatic rings. The highest BCUT2D eigenvalue weighted by molar-refractivity contribution is 6.30. The van der Waals surface area contributed by atoms with Crippen LogP contribution >= 0.6 is 11.6 Å². The van der Waals surface area contributed by atoms with Crippen molar-refractivity contribution in [2.75, 3.05) is 6.54 Å². The lowest BCUT2D eigenvalue weighted by molar-refractivity contribution is 0.762. The molecule has 16 heavy (non-hydrogen) atoms. The number of halogens is 1. The molecule has 1 heterocycles. The Bertz CT molecular complexity index is 403. The topological polar surface area (TPSA) is 77.4 Å². The lowest BCUT2D eigenvalue weighted by Gasteiger charge is -1.90. The predicted molar refractivity (Wildman–Crippen MR) is 65.3 cm³/mol. The monoisotopic (exact) mass is 239 g/mol. The van der Waals surface area contributed by atoms with Crippen LogP contribution in [0.25, 0.3) is 16.5 Å². The number of nitrogens with zero attached hydrogens (tertiary/aromatic N) is 4. The highest BCUT2D eigenvalue weighted by atomic mass is 35.5. The first kappa shape index (κ1) is 12.6. The maximum atomic E-state index is 8.10. The molecule has 0 spiro atoms. The molecule has 0 unspecified atom stereocenters. The van der Waals surface area contributed by atoms with Gasteiger partial charge in [0.2, 0.25) is 0 Å². The van der Waals surface area contributed by atoms with E-state index in [0.29, 0.717) is 17.4 Å². The van der Waals surface area contributed by atoms with E-state index in [0.717, 1.165) is 25.1 Å². The lowest BCUT2D eigenvalue weighted by Crippen LogP contribution is -1.86. The lowest BCUT2D eigenvalue weighted by atomic mass is 10.2. The summed E-state index contributed by atoms with van der Waals surface area (Å²) in [5.41, 5.74) is 8.79. The van der Waals surface area contributed by atoms with Crippen LogP contribution in [0.15, 0.2) is 11.2 Å². The zero-order valence-corrected chi connectivity index (χ0v) is 9.91. The van der Waals surface area contributed by atoms with E-state index < -0.39 is 0 Å². The molecule has 6 heteroatoms. The van der Waals surface area contributed by atoms with Crippen molar-refractivity contribution in [2.24, 2.45) is 5.11 Å². The van der Waals surface area contributed by atoms with Gasteiger partial charge in [0.1, 0.15) is 16.7 Å². The van der Waals surface area contributed by atoms with Gasteiger partial charge in [-0.15, -0.1) is 0 Å². The van der Waals surface area contributed by atoms with E-state index in [2.05, 4.69) is 26.9 Å². The number of unbranched alkanes of at least 4 members (excludes halogenated alkanes) is 1. The van der Waals surface area contributed by atoms with Crippen molar-refractivity contribution in [2.45, 2.75) is 26.2 Å². The van der Waals surface area contributed by atoms with E-state index in [1.165, 1.54) is 0 Å².